The van der Waals surface area contributed by atoms with Gasteiger partial charge in [0.1, 0.15) is 0 Å². The molecule has 0 amide bonds. The molecule has 0 saturated carbocycles. The Morgan fingerprint density at radius 3 is 1.50 bits per heavy atom. The van der Waals surface area contributed by atoms with Crippen molar-refractivity contribution < 1.29 is 9.05 Å². The van der Waals surface area contributed by atoms with Gasteiger partial charge in [0.05, 0.1) is 13.2 Å². The molecule has 0 saturated heterocycles. The summed E-state index contributed by atoms with van der Waals surface area (Å²) in [7, 11) is 0. The summed E-state index contributed by atoms with van der Waals surface area (Å²) in [6.07, 6.45) is 9.68. The largest absolute Gasteiger partial charge is 0.322 e. The van der Waals surface area contributed by atoms with Crippen LogP contribution in [0.5, 0.6) is 0 Å². The van der Waals surface area contributed by atoms with E-state index in [1.807, 2.05) is 0 Å². The van der Waals surface area contributed by atoms with E-state index in [0.717, 1.165) is 12.8 Å². The van der Waals surface area contributed by atoms with Crippen molar-refractivity contribution in [2.45, 2.75) is 79.1 Å². The van der Waals surface area contributed by atoms with Crippen molar-refractivity contribution in [1.29, 1.82) is 0 Å². The van der Waals surface area contributed by atoms with Crippen molar-refractivity contribution in [2.24, 2.45) is 11.8 Å². The van der Waals surface area contributed by atoms with Gasteiger partial charge in [-0.05, 0) is 36.5 Å². The smallest absolute Gasteiger partial charge is 0.244 e. The fourth-order valence-electron chi connectivity index (χ4n) is 2.23. The van der Waals surface area contributed by atoms with Crippen LogP contribution in [0.25, 0.3) is 0 Å². The molecule has 0 aliphatic rings. The zero-order chi connectivity index (χ0) is 16.1. The predicted octanol–water partition coefficient (Wildman–Crippen LogP) is 6.23. The van der Waals surface area contributed by atoms with Crippen LogP contribution in [0.1, 0.15) is 79.1 Å². The number of unbranched alkanes of at least 4 members (excludes halogenated alkanes) is 2. The van der Waals surface area contributed by atoms with Gasteiger partial charge in [0.25, 0.3) is 0 Å². The van der Waals surface area contributed by atoms with E-state index in [4.69, 9.17) is 20.9 Å². The number of hydrogen-bond donors (Lipinski definition) is 1. The van der Waals surface area contributed by atoms with Gasteiger partial charge in [-0.25, -0.2) is 0 Å². The molecule has 6 heteroatoms. The maximum Gasteiger partial charge on any atom is 0.244 e. The first-order valence-electron chi connectivity index (χ1n) is 8.60. The van der Waals surface area contributed by atoms with Crippen LogP contribution in [0, 0.1) is 11.8 Å². The van der Waals surface area contributed by atoms with Crippen molar-refractivity contribution in [1.82, 2.24) is 0 Å². The Hall–Kier alpha value is 1.72. The molecule has 0 fully saturated rings. The van der Waals surface area contributed by atoms with Crippen LogP contribution in [0.2, 0.25) is 0 Å². The molecule has 4 radical (unpaired) electrons. The van der Waals surface area contributed by atoms with Gasteiger partial charge in [0.15, 0.2) is 0 Å². The van der Waals surface area contributed by atoms with Crippen LogP contribution in [0.4, 0.5) is 0 Å². The molecule has 0 aliphatic heterocycles. The summed E-state index contributed by atoms with van der Waals surface area (Å²) in [5, 5.41) is 0. The summed E-state index contributed by atoms with van der Waals surface area (Å²) in [5.41, 5.74) is -2.36. The average molecular weight is 473 g/mol. The molecule has 0 spiro atoms. The predicted molar refractivity (Wildman–Crippen MR) is 108 cm³/mol. The Kier molecular flexibility index (Phi) is 19.1. The van der Waals surface area contributed by atoms with Gasteiger partial charge in [-0.15, -0.1) is 0 Å². The van der Waals surface area contributed by atoms with Gasteiger partial charge < -0.3 is 9.05 Å². The molecule has 0 rings (SSSR count). The molecule has 0 aromatic carbocycles. The van der Waals surface area contributed by atoms with Crippen molar-refractivity contribution in [3.63, 3.8) is 0 Å². The van der Waals surface area contributed by atoms with Gasteiger partial charge in [-0.2, -0.15) is 0 Å². The Labute approximate surface area is 166 Å². The maximum atomic E-state index is 5.85. The third kappa shape index (κ3) is 14.1. The summed E-state index contributed by atoms with van der Waals surface area (Å²) in [6, 6.07) is 0. The zero-order valence-electron chi connectivity index (χ0n) is 14.8. The quantitative estimate of drug-likeness (QED) is 0.184. The van der Waals surface area contributed by atoms with Gasteiger partial charge >= 0.3 is 0 Å². The Morgan fingerprint density at radius 1 is 0.864 bits per heavy atom. The van der Waals surface area contributed by atoms with Crippen molar-refractivity contribution in [3.8, 4) is 0 Å². The first kappa shape index (κ1) is 26.0. The Morgan fingerprint density at radius 2 is 1.23 bits per heavy atom. The summed E-state index contributed by atoms with van der Waals surface area (Å²) < 4.78 is 11.7. The molecule has 2 nitrogen and oxygen atoms in total. The van der Waals surface area contributed by atoms with Gasteiger partial charge in [0.2, 0.25) is 5.69 Å². The molecular formula is C16H35O2PS2Sn. The molecule has 2 unspecified atom stereocenters. The minimum atomic E-state index is -2.36. The van der Waals surface area contributed by atoms with Crippen LogP contribution < -0.4 is 0 Å². The van der Waals surface area contributed by atoms with E-state index in [1.165, 1.54) is 38.5 Å². The molecule has 0 bridgehead atoms. The topological polar surface area (TPSA) is 18.5 Å². The van der Waals surface area contributed by atoms with Crippen LogP contribution in [-0.2, 0) is 20.9 Å². The molecule has 0 aromatic rings. The van der Waals surface area contributed by atoms with E-state index < -0.39 is 5.69 Å². The monoisotopic (exact) mass is 474 g/mol. The molecular weight excluding hydrogens is 438 g/mol. The average Bonchev–Trinajstić information content (AvgIpc) is 2.47. The standard InChI is InChI=1S/C16H35O2PS2.Sn/c1-5-9-11-15(7-3)13-17-19(20,21)18-14-16(8-4)12-10-6-2;/h15-16H,5-14H2,1-4H3,(H,20,21);. The van der Waals surface area contributed by atoms with E-state index in [9.17, 15) is 0 Å². The van der Waals surface area contributed by atoms with Gasteiger partial charge in [-0.3, -0.25) is 0 Å². The van der Waals surface area contributed by atoms with Crippen molar-refractivity contribution >= 4 is 53.7 Å². The molecule has 0 N–H and O–H groups in total. The first-order valence-corrected chi connectivity index (χ1v) is 12.4. The van der Waals surface area contributed by atoms with Crippen LogP contribution in [0.15, 0.2) is 0 Å². The molecule has 22 heavy (non-hydrogen) atoms. The van der Waals surface area contributed by atoms with E-state index in [2.05, 4.69) is 39.9 Å². The summed E-state index contributed by atoms with van der Waals surface area (Å²) in [5.74, 6) is 1.18. The van der Waals surface area contributed by atoms with E-state index in [-0.39, 0.29) is 23.9 Å². The normalized spacial score (nSPS) is 16.6. The SMILES string of the molecule is CCCCC(CC)COP(=S)(S)OCC(CC)CCCC.[Sn]. The van der Waals surface area contributed by atoms with Crippen LogP contribution in [-0.4, -0.2) is 37.1 Å². The molecule has 0 aliphatic carbocycles. The van der Waals surface area contributed by atoms with Crippen molar-refractivity contribution in [2.75, 3.05) is 13.2 Å². The van der Waals surface area contributed by atoms with E-state index >= 15 is 0 Å². The minimum Gasteiger partial charge on any atom is -0.322 e. The number of hydrogen-bond acceptors (Lipinski definition) is 3. The third-order valence-electron chi connectivity index (χ3n) is 4.03. The second kappa shape index (κ2) is 16.2. The molecule has 0 aromatic heterocycles. The Balaban J connectivity index is 0. The van der Waals surface area contributed by atoms with Gasteiger partial charge in [-0.1, -0.05) is 78.5 Å². The third-order valence-corrected chi connectivity index (χ3v) is 6.31. The second-order valence-corrected chi connectivity index (χ2v) is 11.2. The second-order valence-electron chi connectivity index (χ2n) is 5.89. The van der Waals surface area contributed by atoms with Crippen LogP contribution >= 0.6 is 17.9 Å². The summed E-state index contributed by atoms with van der Waals surface area (Å²) in [6.45, 7) is 10.3. The number of thiol groups is 1. The minimum absolute atomic E-state index is 0. The maximum absolute atomic E-state index is 5.85. The summed E-state index contributed by atoms with van der Waals surface area (Å²) in [4.78, 5) is 0. The van der Waals surface area contributed by atoms with Gasteiger partial charge in [0, 0.05) is 23.9 Å². The molecule has 0 heterocycles. The molecule has 2 atom stereocenters. The summed E-state index contributed by atoms with van der Waals surface area (Å²) >= 11 is 9.91. The zero-order valence-corrected chi connectivity index (χ0v) is 20.3. The van der Waals surface area contributed by atoms with Crippen LogP contribution in [0.3, 0.4) is 0 Å². The number of rotatable bonds is 14. The van der Waals surface area contributed by atoms with Crippen molar-refractivity contribution in [3.05, 3.63) is 0 Å². The fraction of sp³-hybridized carbons (Fsp3) is 1.00. The van der Waals surface area contributed by atoms with E-state index in [0.29, 0.717) is 25.0 Å². The molecule has 132 valence electrons. The fourth-order valence-corrected chi connectivity index (χ4v) is 3.87. The van der Waals surface area contributed by atoms with E-state index in [1.54, 1.807) is 0 Å². The Bertz CT molecular complexity index is 269. The first-order chi connectivity index (χ1) is 9.99.